The average molecular weight is 790 g/mol. The Balaban J connectivity index is 1.02. The second-order valence-corrected chi connectivity index (χ2v) is 16.0. The highest BCUT2D eigenvalue weighted by Crippen LogP contribution is 2.46. The van der Waals surface area contributed by atoms with Gasteiger partial charge >= 0.3 is 0 Å². The van der Waals surface area contributed by atoms with E-state index in [1.54, 1.807) is 0 Å². The Morgan fingerprint density at radius 1 is 0.290 bits per heavy atom. The molecule has 0 fully saturated rings. The molecule has 0 spiro atoms. The molecule has 62 heavy (non-hydrogen) atoms. The van der Waals surface area contributed by atoms with Crippen LogP contribution in [-0.4, -0.2) is 0 Å². The minimum absolute atomic E-state index is 0.860. The third-order valence-electron chi connectivity index (χ3n) is 12.4. The van der Waals surface area contributed by atoms with Crippen LogP contribution in [0, 0.1) is 0 Å². The fourth-order valence-corrected chi connectivity index (χ4v) is 9.53. The molecular formula is C60H39NO. The minimum atomic E-state index is 0.860. The van der Waals surface area contributed by atoms with Crippen molar-refractivity contribution < 1.29 is 4.42 Å². The zero-order valence-corrected chi connectivity index (χ0v) is 33.9. The Hall–Kier alpha value is -8.20. The highest BCUT2D eigenvalue weighted by atomic mass is 16.3. The first-order valence-corrected chi connectivity index (χ1v) is 21.2. The summed E-state index contributed by atoms with van der Waals surface area (Å²) < 4.78 is 6.74. The first-order valence-electron chi connectivity index (χ1n) is 21.2. The predicted octanol–water partition coefficient (Wildman–Crippen LogP) is 17.2. The SMILES string of the molecule is c1ccc(-c2ccccc2-c2ccc(N(c3cccc(-c4cccc(-c5cc6ccccc6c6ccccc56)c4)c3)c3cccc4oc5c6ccccc6ccc5c34)cc2)cc1. The van der Waals surface area contributed by atoms with Crippen molar-refractivity contribution in [3.05, 3.63) is 237 Å². The minimum Gasteiger partial charge on any atom is -0.455 e. The van der Waals surface area contributed by atoms with E-state index >= 15 is 0 Å². The monoisotopic (exact) mass is 789 g/mol. The van der Waals surface area contributed by atoms with Crippen molar-refractivity contribution in [1.29, 1.82) is 0 Å². The summed E-state index contributed by atoms with van der Waals surface area (Å²) in [5.74, 6) is 0. The molecule has 11 aromatic carbocycles. The summed E-state index contributed by atoms with van der Waals surface area (Å²) in [6, 6.07) is 85.4. The van der Waals surface area contributed by atoms with Gasteiger partial charge < -0.3 is 9.32 Å². The van der Waals surface area contributed by atoms with E-state index in [-0.39, 0.29) is 0 Å². The second-order valence-electron chi connectivity index (χ2n) is 16.0. The summed E-state index contributed by atoms with van der Waals surface area (Å²) >= 11 is 0. The molecule has 0 bridgehead atoms. The van der Waals surface area contributed by atoms with Gasteiger partial charge in [-0.05, 0) is 126 Å². The Morgan fingerprint density at radius 3 is 1.69 bits per heavy atom. The van der Waals surface area contributed by atoms with Crippen LogP contribution in [0.25, 0.3) is 98.8 Å². The molecule has 0 aliphatic rings. The van der Waals surface area contributed by atoms with Crippen LogP contribution in [0.4, 0.5) is 17.1 Å². The Bertz CT molecular complexity index is 3640. The van der Waals surface area contributed by atoms with E-state index in [9.17, 15) is 0 Å². The molecule has 0 amide bonds. The van der Waals surface area contributed by atoms with Crippen LogP contribution in [-0.2, 0) is 0 Å². The van der Waals surface area contributed by atoms with Gasteiger partial charge in [-0.15, -0.1) is 0 Å². The largest absolute Gasteiger partial charge is 0.455 e. The molecule has 2 heteroatoms. The van der Waals surface area contributed by atoms with E-state index < -0.39 is 0 Å². The van der Waals surface area contributed by atoms with Gasteiger partial charge in [0.15, 0.2) is 0 Å². The van der Waals surface area contributed by atoms with Crippen molar-refractivity contribution >= 4 is 71.3 Å². The summed E-state index contributed by atoms with van der Waals surface area (Å²) in [4.78, 5) is 2.39. The van der Waals surface area contributed by atoms with Gasteiger partial charge in [-0.2, -0.15) is 0 Å². The number of nitrogens with zero attached hydrogens (tertiary/aromatic N) is 1. The lowest BCUT2D eigenvalue weighted by Crippen LogP contribution is -2.10. The Kier molecular flexibility index (Phi) is 8.53. The van der Waals surface area contributed by atoms with Crippen molar-refractivity contribution in [3.63, 3.8) is 0 Å². The third-order valence-corrected chi connectivity index (χ3v) is 12.4. The molecule has 0 unspecified atom stereocenters. The molecule has 0 aliphatic heterocycles. The number of furan rings is 1. The number of rotatable bonds is 7. The van der Waals surface area contributed by atoms with E-state index in [1.807, 2.05) is 0 Å². The van der Waals surface area contributed by atoms with E-state index in [4.69, 9.17) is 4.42 Å². The molecular weight excluding hydrogens is 751 g/mol. The molecule has 12 rings (SSSR count). The van der Waals surface area contributed by atoms with Gasteiger partial charge in [0.25, 0.3) is 0 Å². The van der Waals surface area contributed by atoms with Crippen LogP contribution in [0.2, 0.25) is 0 Å². The lowest BCUT2D eigenvalue weighted by atomic mass is 9.92. The van der Waals surface area contributed by atoms with Crippen molar-refractivity contribution in [2.75, 3.05) is 4.90 Å². The van der Waals surface area contributed by atoms with Gasteiger partial charge in [-0.3, -0.25) is 0 Å². The highest BCUT2D eigenvalue weighted by molar-refractivity contribution is 6.20. The van der Waals surface area contributed by atoms with Crippen LogP contribution >= 0.6 is 0 Å². The summed E-state index contributed by atoms with van der Waals surface area (Å²) in [5, 5.41) is 9.50. The smallest absolute Gasteiger partial charge is 0.143 e. The van der Waals surface area contributed by atoms with Crippen LogP contribution < -0.4 is 4.90 Å². The van der Waals surface area contributed by atoms with Gasteiger partial charge in [-0.25, -0.2) is 0 Å². The van der Waals surface area contributed by atoms with Gasteiger partial charge in [0.2, 0.25) is 0 Å². The molecule has 0 aliphatic carbocycles. The molecule has 0 N–H and O–H groups in total. The second kappa shape index (κ2) is 14.8. The van der Waals surface area contributed by atoms with Crippen molar-refractivity contribution in [1.82, 2.24) is 0 Å². The summed E-state index contributed by atoms with van der Waals surface area (Å²) in [7, 11) is 0. The number of hydrogen-bond acceptors (Lipinski definition) is 2. The van der Waals surface area contributed by atoms with E-state index in [0.29, 0.717) is 0 Å². The van der Waals surface area contributed by atoms with Gasteiger partial charge in [0.05, 0.1) is 11.1 Å². The first-order chi connectivity index (χ1) is 30.7. The van der Waals surface area contributed by atoms with Crippen LogP contribution in [0.3, 0.4) is 0 Å². The molecule has 1 aromatic heterocycles. The summed E-state index contributed by atoms with van der Waals surface area (Å²) in [6.07, 6.45) is 0. The molecule has 0 radical (unpaired) electrons. The summed E-state index contributed by atoms with van der Waals surface area (Å²) in [6.45, 7) is 0. The molecule has 290 valence electrons. The fourth-order valence-electron chi connectivity index (χ4n) is 9.53. The zero-order valence-electron chi connectivity index (χ0n) is 33.9. The van der Waals surface area contributed by atoms with E-state index in [0.717, 1.165) is 60.9 Å². The average Bonchev–Trinajstić information content (AvgIpc) is 3.75. The fraction of sp³-hybridized carbons (Fsp3) is 0. The quantitative estimate of drug-likeness (QED) is 0.150. The van der Waals surface area contributed by atoms with Crippen molar-refractivity contribution in [2.45, 2.75) is 0 Å². The lowest BCUT2D eigenvalue weighted by Gasteiger charge is -2.27. The first kappa shape index (κ1) is 35.7. The standard InChI is InChI=1S/C60H39NO/c1-2-15-40(16-3-1)49-23-8-9-24-50(49)42-31-34-47(35-32-42)61(57-29-14-30-58-59(57)55-36-33-41-17-4-7-26-52(41)60(55)62-58)48-22-13-20-44(38-48)43-19-12-21-45(37-43)56-39-46-18-5-6-25-51(46)53-27-10-11-28-54(53)56/h1-39H. The number of fused-ring (bicyclic) bond motifs is 8. The maximum Gasteiger partial charge on any atom is 0.143 e. The van der Waals surface area contributed by atoms with E-state index in [2.05, 4.69) is 241 Å². The Morgan fingerprint density at radius 2 is 0.887 bits per heavy atom. The van der Waals surface area contributed by atoms with Gasteiger partial charge in [0, 0.05) is 22.1 Å². The van der Waals surface area contributed by atoms with Crippen molar-refractivity contribution in [2.24, 2.45) is 0 Å². The predicted molar refractivity (Wildman–Crippen MR) is 263 cm³/mol. The highest BCUT2D eigenvalue weighted by Gasteiger charge is 2.21. The molecule has 0 saturated heterocycles. The Labute approximate surface area is 360 Å². The van der Waals surface area contributed by atoms with Gasteiger partial charge in [-0.1, -0.05) is 182 Å². The summed E-state index contributed by atoms with van der Waals surface area (Å²) in [5.41, 5.74) is 14.5. The van der Waals surface area contributed by atoms with Crippen molar-refractivity contribution in [3.8, 4) is 44.5 Å². The van der Waals surface area contributed by atoms with Crippen LogP contribution in [0.5, 0.6) is 0 Å². The molecule has 0 atom stereocenters. The third kappa shape index (κ3) is 6.04. The lowest BCUT2D eigenvalue weighted by molar-refractivity contribution is 0.672. The molecule has 12 aromatic rings. The normalized spacial score (nSPS) is 11.5. The maximum absolute atomic E-state index is 6.74. The number of anilines is 3. The maximum atomic E-state index is 6.74. The molecule has 0 saturated carbocycles. The topological polar surface area (TPSA) is 16.4 Å². The molecule has 2 nitrogen and oxygen atoms in total. The van der Waals surface area contributed by atoms with Crippen LogP contribution in [0.15, 0.2) is 241 Å². The number of hydrogen-bond donors (Lipinski definition) is 0. The molecule has 1 heterocycles. The zero-order chi connectivity index (χ0) is 41.0. The number of benzene rings is 11. The van der Waals surface area contributed by atoms with Gasteiger partial charge in [0.1, 0.15) is 11.2 Å². The van der Waals surface area contributed by atoms with E-state index in [1.165, 1.54) is 54.9 Å². The van der Waals surface area contributed by atoms with Crippen LogP contribution in [0.1, 0.15) is 0 Å².